The van der Waals surface area contributed by atoms with Crippen LogP contribution in [-0.2, 0) is 4.43 Å². The lowest BCUT2D eigenvalue weighted by atomic mass is 10.4. The van der Waals surface area contributed by atoms with E-state index in [2.05, 4.69) is 25.6 Å². The summed E-state index contributed by atoms with van der Waals surface area (Å²) in [6.45, 7) is 5.23. The van der Waals surface area contributed by atoms with Crippen molar-refractivity contribution in [3.05, 3.63) is 11.8 Å². The minimum absolute atomic E-state index is 0.568. The van der Waals surface area contributed by atoms with Crippen molar-refractivity contribution in [1.29, 1.82) is 0 Å². The molecule has 10 heavy (non-hydrogen) atoms. The third-order valence-corrected chi connectivity index (χ3v) is 1.85. The maximum Gasteiger partial charge on any atom is 0.260 e. The Bertz CT molecular complexity index is 81.3. The van der Waals surface area contributed by atoms with Crippen molar-refractivity contribution in [3.8, 4) is 0 Å². The van der Waals surface area contributed by atoms with E-state index in [9.17, 15) is 0 Å². The van der Waals surface area contributed by atoms with Crippen LogP contribution in [0.5, 0.6) is 0 Å². The van der Waals surface area contributed by atoms with Crippen LogP contribution < -0.4 is 0 Å². The lowest BCUT2D eigenvalue weighted by Gasteiger charge is -1.95. The zero-order valence-electron chi connectivity index (χ0n) is 6.89. The Morgan fingerprint density at radius 2 is 2.20 bits per heavy atom. The number of unbranched alkanes of at least 4 members (excludes halogenated alkanes) is 1. The van der Waals surface area contributed by atoms with Gasteiger partial charge in [0.1, 0.15) is 0 Å². The highest BCUT2D eigenvalue weighted by Gasteiger charge is 1.83. The summed E-state index contributed by atoms with van der Waals surface area (Å²) in [5, 5.41) is 0. The van der Waals surface area contributed by atoms with Crippen molar-refractivity contribution in [2.75, 3.05) is 6.61 Å². The van der Waals surface area contributed by atoms with Gasteiger partial charge >= 0.3 is 0 Å². The molecule has 0 aliphatic heterocycles. The number of hydrogen-bond donors (Lipinski definition) is 0. The quantitative estimate of drug-likeness (QED) is 0.424. The van der Waals surface area contributed by atoms with Crippen LogP contribution in [-0.4, -0.2) is 16.4 Å². The van der Waals surface area contributed by atoms with Crippen molar-refractivity contribution in [1.82, 2.24) is 0 Å². The molecule has 0 amide bonds. The standard InChI is InChI=1S/C8H16OSi/c1-3-5-7-9-10-8-6-4-2/h6,8H,3-5,7H2,1-2H3/b8-6+. The van der Waals surface area contributed by atoms with E-state index < -0.39 is 0 Å². The molecule has 0 aliphatic carbocycles. The second kappa shape index (κ2) is 8.92. The van der Waals surface area contributed by atoms with Gasteiger partial charge in [0.25, 0.3) is 9.76 Å². The second-order valence-corrected chi connectivity index (χ2v) is 2.99. The third kappa shape index (κ3) is 7.92. The van der Waals surface area contributed by atoms with Crippen LogP contribution >= 0.6 is 0 Å². The molecule has 0 spiro atoms. The van der Waals surface area contributed by atoms with E-state index >= 15 is 0 Å². The SMILES string of the molecule is CC/C=C/[Si]OCCCC. The summed E-state index contributed by atoms with van der Waals surface area (Å²) in [6.07, 6.45) is 5.67. The maximum atomic E-state index is 5.32. The maximum absolute atomic E-state index is 5.32. The van der Waals surface area contributed by atoms with Gasteiger partial charge in [-0.3, -0.25) is 0 Å². The highest BCUT2D eigenvalue weighted by Crippen LogP contribution is 1.86. The minimum atomic E-state index is 0.568. The van der Waals surface area contributed by atoms with E-state index in [1.807, 2.05) is 0 Å². The zero-order chi connectivity index (χ0) is 7.66. The molecule has 0 N–H and O–H groups in total. The molecule has 0 fully saturated rings. The van der Waals surface area contributed by atoms with E-state index in [4.69, 9.17) is 4.43 Å². The molecule has 0 aromatic carbocycles. The summed E-state index contributed by atoms with van der Waals surface area (Å²) < 4.78 is 5.32. The lowest BCUT2D eigenvalue weighted by molar-refractivity contribution is 0.331. The first kappa shape index (κ1) is 9.92. The summed E-state index contributed by atoms with van der Waals surface area (Å²) in [5.74, 6) is 0. The zero-order valence-corrected chi connectivity index (χ0v) is 7.89. The Hall–Kier alpha value is -0.0831. The fraction of sp³-hybridized carbons (Fsp3) is 0.750. The predicted molar refractivity (Wildman–Crippen MR) is 46.0 cm³/mol. The minimum Gasteiger partial charge on any atom is -0.412 e. The first-order chi connectivity index (χ1) is 4.91. The van der Waals surface area contributed by atoms with Crippen LogP contribution in [0.3, 0.4) is 0 Å². The van der Waals surface area contributed by atoms with Gasteiger partial charge in [0.15, 0.2) is 0 Å². The highest BCUT2D eigenvalue weighted by molar-refractivity contribution is 6.34. The lowest BCUT2D eigenvalue weighted by Crippen LogP contribution is -1.96. The third-order valence-electron chi connectivity index (χ3n) is 1.10. The molecular weight excluding hydrogens is 140 g/mol. The predicted octanol–water partition coefficient (Wildman–Crippen LogP) is 2.35. The van der Waals surface area contributed by atoms with Gasteiger partial charge in [0.05, 0.1) is 0 Å². The van der Waals surface area contributed by atoms with Gasteiger partial charge in [-0.25, -0.2) is 0 Å². The molecule has 58 valence electrons. The van der Waals surface area contributed by atoms with E-state index in [0.717, 1.165) is 13.0 Å². The Morgan fingerprint density at radius 1 is 1.40 bits per heavy atom. The van der Waals surface area contributed by atoms with Gasteiger partial charge < -0.3 is 4.43 Å². The Balaban J connectivity index is 2.83. The van der Waals surface area contributed by atoms with E-state index in [0.29, 0.717) is 9.76 Å². The van der Waals surface area contributed by atoms with Gasteiger partial charge in [-0.1, -0.05) is 32.0 Å². The van der Waals surface area contributed by atoms with E-state index in [-0.39, 0.29) is 0 Å². The molecule has 0 saturated heterocycles. The number of hydrogen-bond acceptors (Lipinski definition) is 1. The van der Waals surface area contributed by atoms with Gasteiger partial charge in [-0.05, 0) is 12.8 Å². The van der Waals surface area contributed by atoms with Crippen LogP contribution in [0, 0.1) is 0 Å². The van der Waals surface area contributed by atoms with Crippen LogP contribution in [0.25, 0.3) is 0 Å². The van der Waals surface area contributed by atoms with Crippen LogP contribution in [0.4, 0.5) is 0 Å². The highest BCUT2D eigenvalue weighted by atomic mass is 28.2. The van der Waals surface area contributed by atoms with Crippen LogP contribution in [0.1, 0.15) is 33.1 Å². The van der Waals surface area contributed by atoms with Gasteiger partial charge in [-0.2, -0.15) is 0 Å². The van der Waals surface area contributed by atoms with Gasteiger partial charge in [0.2, 0.25) is 0 Å². The van der Waals surface area contributed by atoms with Crippen molar-refractivity contribution < 1.29 is 4.43 Å². The van der Waals surface area contributed by atoms with E-state index in [1.165, 1.54) is 12.8 Å². The molecule has 0 rings (SSSR count). The molecule has 0 aromatic rings. The summed E-state index contributed by atoms with van der Waals surface area (Å²) >= 11 is 0. The van der Waals surface area contributed by atoms with Crippen molar-refractivity contribution in [3.63, 3.8) is 0 Å². The Kier molecular flexibility index (Phi) is 8.84. The monoisotopic (exact) mass is 156 g/mol. The molecule has 0 unspecified atom stereocenters. The van der Waals surface area contributed by atoms with Crippen molar-refractivity contribution in [2.24, 2.45) is 0 Å². The molecule has 0 heterocycles. The van der Waals surface area contributed by atoms with Crippen molar-refractivity contribution >= 4 is 9.76 Å². The largest absolute Gasteiger partial charge is 0.412 e. The summed E-state index contributed by atoms with van der Waals surface area (Å²) in [7, 11) is 0.568. The van der Waals surface area contributed by atoms with Gasteiger partial charge in [-0.15, -0.1) is 0 Å². The smallest absolute Gasteiger partial charge is 0.260 e. The van der Waals surface area contributed by atoms with Crippen molar-refractivity contribution in [2.45, 2.75) is 33.1 Å². The summed E-state index contributed by atoms with van der Waals surface area (Å²) in [6, 6.07) is 0. The first-order valence-corrected chi connectivity index (χ1v) is 4.92. The topological polar surface area (TPSA) is 9.23 Å². The normalized spacial score (nSPS) is 11.0. The molecule has 1 nitrogen and oxygen atoms in total. The fourth-order valence-electron chi connectivity index (χ4n) is 0.490. The molecular formula is C8H16OSi. The molecule has 0 aromatic heterocycles. The second-order valence-electron chi connectivity index (χ2n) is 2.13. The Labute approximate surface area is 66.4 Å². The molecule has 0 atom stereocenters. The molecule has 2 heteroatoms. The molecule has 2 radical (unpaired) electrons. The fourth-order valence-corrected chi connectivity index (χ4v) is 1.18. The average Bonchev–Trinajstić information content (AvgIpc) is 1.97. The first-order valence-electron chi connectivity index (χ1n) is 3.94. The molecule has 0 saturated carbocycles. The van der Waals surface area contributed by atoms with Gasteiger partial charge in [0, 0.05) is 6.61 Å². The molecule has 0 bridgehead atoms. The summed E-state index contributed by atoms with van der Waals surface area (Å²) in [4.78, 5) is 0. The summed E-state index contributed by atoms with van der Waals surface area (Å²) in [5.41, 5.74) is 2.11. The Morgan fingerprint density at radius 3 is 2.80 bits per heavy atom. The van der Waals surface area contributed by atoms with E-state index in [1.54, 1.807) is 0 Å². The number of allylic oxidation sites excluding steroid dienone is 1. The van der Waals surface area contributed by atoms with Crippen LogP contribution in [0.15, 0.2) is 11.8 Å². The molecule has 0 aliphatic rings. The van der Waals surface area contributed by atoms with Crippen LogP contribution in [0.2, 0.25) is 0 Å². The number of rotatable bonds is 6. The average molecular weight is 156 g/mol.